The lowest BCUT2D eigenvalue weighted by Crippen LogP contribution is -2.39. The molecule has 150 valence electrons. The topological polar surface area (TPSA) is 83.8 Å². The van der Waals surface area contributed by atoms with Crippen LogP contribution in [-0.4, -0.2) is 27.5 Å². The van der Waals surface area contributed by atoms with Gasteiger partial charge in [-0.25, -0.2) is 0 Å². The van der Waals surface area contributed by atoms with Crippen LogP contribution in [0, 0.1) is 0 Å². The van der Waals surface area contributed by atoms with Gasteiger partial charge in [-0.3, -0.25) is 9.36 Å². The highest BCUT2D eigenvalue weighted by Crippen LogP contribution is 2.55. The number of ether oxygens (including phenoxy) is 1. The molecule has 25 heavy (non-hydrogen) atoms. The zero-order valence-electron chi connectivity index (χ0n) is 16.5. The Labute approximate surface area is 154 Å². The third-order valence-electron chi connectivity index (χ3n) is 4.92. The Balaban J connectivity index is 3.96. The molecular weight excluding hydrogens is 339 g/mol. The third kappa shape index (κ3) is 9.21. The van der Waals surface area contributed by atoms with Crippen molar-refractivity contribution >= 4 is 13.6 Å². The summed E-state index contributed by atoms with van der Waals surface area (Å²) >= 11 is 0. The van der Waals surface area contributed by atoms with Gasteiger partial charge in [0.15, 0.2) is 5.16 Å². The molecule has 1 atom stereocenters. The highest BCUT2D eigenvalue weighted by molar-refractivity contribution is 7.54. The van der Waals surface area contributed by atoms with Crippen LogP contribution < -0.4 is 0 Å². The molecule has 0 radical (unpaired) electrons. The summed E-state index contributed by atoms with van der Waals surface area (Å²) in [5.74, 6) is -0.735. The number of carbonyl (C=O) groups is 1. The second-order valence-electron chi connectivity index (χ2n) is 7.00. The summed E-state index contributed by atoms with van der Waals surface area (Å²) in [6.45, 7) is 5.92. The zero-order valence-corrected chi connectivity index (χ0v) is 17.4. The molecule has 0 saturated heterocycles. The van der Waals surface area contributed by atoms with Crippen molar-refractivity contribution in [3.05, 3.63) is 0 Å². The largest absolute Gasteiger partial charge is 0.465 e. The Kier molecular flexibility index (Phi) is 13.6. The van der Waals surface area contributed by atoms with Crippen molar-refractivity contribution in [2.45, 2.75) is 109 Å². The lowest BCUT2D eigenvalue weighted by Gasteiger charge is -2.30. The van der Waals surface area contributed by atoms with Gasteiger partial charge in [-0.1, -0.05) is 85.0 Å². The number of hydrogen-bond donors (Lipinski definition) is 2. The lowest BCUT2D eigenvalue weighted by atomic mass is 10.00. The van der Waals surface area contributed by atoms with Crippen molar-refractivity contribution in [2.24, 2.45) is 0 Å². The van der Waals surface area contributed by atoms with Gasteiger partial charge in [0.1, 0.15) is 0 Å². The number of unbranched alkanes of at least 4 members (excludes halogenated alkanes) is 9. The Bertz CT molecular complexity index is 393. The van der Waals surface area contributed by atoms with Gasteiger partial charge in [-0.2, -0.15) is 0 Å². The Morgan fingerprint density at radius 2 is 1.32 bits per heavy atom. The van der Waals surface area contributed by atoms with E-state index in [0.29, 0.717) is 6.42 Å². The van der Waals surface area contributed by atoms with E-state index in [1.54, 1.807) is 6.92 Å². The zero-order chi connectivity index (χ0) is 19.2. The van der Waals surface area contributed by atoms with E-state index in [9.17, 15) is 19.1 Å². The average molecular weight is 378 g/mol. The minimum absolute atomic E-state index is 0.0992. The van der Waals surface area contributed by atoms with Crippen LogP contribution in [0.15, 0.2) is 0 Å². The third-order valence-corrected chi connectivity index (χ3v) is 6.75. The van der Waals surface area contributed by atoms with Crippen LogP contribution in [0.3, 0.4) is 0 Å². The van der Waals surface area contributed by atoms with E-state index in [2.05, 4.69) is 6.92 Å². The summed E-state index contributed by atoms with van der Waals surface area (Å²) < 4.78 is 17.0. The van der Waals surface area contributed by atoms with Crippen LogP contribution in [0.2, 0.25) is 0 Å². The molecule has 0 aromatic rings. The van der Waals surface area contributed by atoms with Crippen molar-refractivity contribution in [3.8, 4) is 0 Å². The summed E-state index contributed by atoms with van der Waals surface area (Å²) in [7, 11) is -4.54. The molecule has 0 saturated carbocycles. The highest BCUT2D eigenvalue weighted by atomic mass is 31.2. The fourth-order valence-electron chi connectivity index (χ4n) is 3.20. The number of hydrogen-bond acceptors (Lipinski definition) is 3. The molecule has 0 aromatic carbocycles. The number of rotatable bonds is 16. The minimum atomic E-state index is -4.54. The van der Waals surface area contributed by atoms with Gasteiger partial charge in [0.25, 0.3) is 0 Å². The summed E-state index contributed by atoms with van der Waals surface area (Å²) in [5.41, 5.74) is 0. The van der Waals surface area contributed by atoms with Crippen molar-refractivity contribution < 1.29 is 23.9 Å². The van der Waals surface area contributed by atoms with Crippen LogP contribution in [0.4, 0.5) is 0 Å². The maximum atomic E-state index is 12.3. The van der Waals surface area contributed by atoms with E-state index >= 15 is 0 Å². The van der Waals surface area contributed by atoms with Gasteiger partial charge in [0, 0.05) is 0 Å². The monoisotopic (exact) mass is 378 g/mol. The SMILES string of the molecule is CCCCCCCCCCCCOC(=O)C(CC)(CCC)P(=O)(O)O. The van der Waals surface area contributed by atoms with Crippen LogP contribution in [0.1, 0.15) is 104 Å². The smallest absolute Gasteiger partial charge is 0.342 e. The first kappa shape index (κ1) is 24.6. The fourth-order valence-corrected chi connectivity index (χ4v) is 4.43. The second kappa shape index (κ2) is 13.8. The standard InChI is InChI=1S/C19H39O5P/c1-4-7-8-9-10-11-12-13-14-15-17-24-18(20)19(6-3,16-5-2)25(21,22)23/h4-17H2,1-3H3,(H2,21,22,23). The Morgan fingerprint density at radius 3 is 1.72 bits per heavy atom. The maximum absolute atomic E-state index is 12.3. The molecule has 0 aliphatic heterocycles. The molecule has 1 unspecified atom stereocenters. The molecule has 2 N–H and O–H groups in total. The molecule has 0 heterocycles. The van der Waals surface area contributed by atoms with Crippen LogP contribution >= 0.6 is 7.60 Å². The summed E-state index contributed by atoms with van der Waals surface area (Å²) in [4.78, 5) is 31.5. The first-order chi connectivity index (χ1) is 11.9. The normalized spacial score (nSPS) is 14.3. The van der Waals surface area contributed by atoms with Crippen LogP contribution in [-0.2, 0) is 14.1 Å². The molecule has 0 spiro atoms. The van der Waals surface area contributed by atoms with Gasteiger partial charge in [-0.05, 0) is 19.3 Å². The van der Waals surface area contributed by atoms with Crippen molar-refractivity contribution in [3.63, 3.8) is 0 Å². The van der Waals surface area contributed by atoms with Gasteiger partial charge in [-0.15, -0.1) is 0 Å². The van der Waals surface area contributed by atoms with E-state index in [1.165, 1.54) is 44.9 Å². The van der Waals surface area contributed by atoms with Crippen molar-refractivity contribution in [2.75, 3.05) is 6.61 Å². The molecule has 0 aliphatic rings. The highest BCUT2D eigenvalue weighted by Gasteiger charge is 2.52. The first-order valence-electron chi connectivity index (χ1n) is 10.1. The van der Waals surface area contributed by atoms with Crippen LogP contribution in [0.5, 0.6) is 0 Å². The molecule has 0 fully saturated rings. The molecule has 5 nitrogen and oxygen atoms in total. The molecule has 6 heteroatoms. The van der Waals surface area contributed by atoms with E-state index in [4.69, 9.17) is 4.74 Å². The van der Waals surface area contributed by atoms with Gasteiger partial charge in [0.2, 0.25) is 0 Å². The number of esters is 1. The number of carbonyl (C=O) groups excluding carboxylic acids is 1. The molecule has 0 bridgehead atoms. The molecular formula is C19H39O5P. The predicted octanol–water partition coefficient (Wildman–Crippen LogP) is 5.58. The fraction of sp³-hybridized carbons (Fsp3) is 0.947. The lowest BCUT2D eigenvalue weighted by molar-refractivity contribution is -0.148. The minimum Gasteiger partial charge on any atom is -0.465 e. The second-order valence-corrected chi connectivity index (χ2v) is 8.94. The van der Waals surface area contributed by atoms with Crippen molar-refractivity contribution in [1.29, 1.82) is 0 Å². The average Bonchev–Trinajstić information content (AvgIpc) is 2.56. The molecule has 0 amide bonds. The van der Waals surface area contributed by atoms with Gasteiger partial charge < -0.3 is 14.5 Å². The first-order valence-corrected chi connectivity index (χ1v) is 11.7. The molecule has 0 aliphatic carbocycles. The van der Waals surface area contributed by atoms with Crippen molar-refractivity contribution in [1.82, 2.24) is 0 Å². The van der Waals surface area contributed by atoms with Gasteiger partial charge in [0.05, 0.1) is 6.61 Å². The van der Waals surface area contributed by atoms with Gasteiger partial charge >= 0.3 is 13.6 Å². The van der Waals surface area contributed by atoms with E-state index in [0.717, 1.165) is 19.3 Å². The van der Waals surface area contributed by atoms with E-state index < -0.39 is 18.7 Å². The van der Waals surface area contributed by atoms with Crippen LogP contribution in [0.25, 0.3) is 0 Å². The quantitative estimate of drug-likeness (QED) is 0.208. The summed E-state index contributed by atoms with van der Waals surface area (Å²) in [6, 6.07) is 0. The maximum Gasteiger partial charge on any atom is 0.342 e. The predicted molar refractivity (Wildman–Crippen MR) is 103 cm³/mol. The summed E-state index contributed by atoms with van der Waals surface area (Å²) in [6.07, 6.45) is 12.7. The molecule has 0 rings (SSSR count). The van der Waals surface area contributed by atoms with E-state index in [1.807, 2.05) is 6.92 Å². The summed E-state index contributed by atoms with van der Waals surface area (Å²) in [5, 5.41) is -1.67. The molecule has 0 aromatic heterocycles. The van der Waals surface area contributed by atoms with E-state index in [-0.39, 0.29) is 19.4 Å². The Hall–Kier alpha value is -0.380. The Morgan fingerprint density at radius 1 is 0.840 bits per heavy atom.